The molecule has 2 atom stereocenters. The van der Waals surface area contributed by atoms with Gasteiger partial charge in [0.25, 0.3) is 0 Å². The summed E-state index contributed by atoms with van der Waals surface area (Å²) in [7, 11) is 1.34. The van der Waals surface area contributed by atoms with E-state index in [1.54, 1.807) is 25.1 Å². The van der Waals surface area contributed by atoms with E-state index in [1.165, 1.54) is 7.11 Å². The quantitative estimate of drug-likeness (QED) is 0.825. The van der Waals surface area contributed by atoms with Crippen LogP contribution in [-0.2, 0) is 9.53 Å². The van der Waals surface area contributed by atoms with Gasteiger partial charge in [-0.1, -0.05) is 6.07 Å². The van der Waals surface area contributed by atoms with Gasteiger partial charge in [0, 0.05) is 17.6 Å². The minimum absolute atomic E-state index is 0.0249. The Labute approximate surface area is 118 Å². The molecule has 5 nitrogen and oxygen atoms in total. The third-order valence-corrected chi connectivity index (χ3v) is 3.84. The molecule has 1 aromatic rings. The molecule has 108 valence electrons. The zero-order chi connectivity index (χ0) is 14.7. The normalized spacial score (nSPS) is 21.6. The van der Waals surface area contributed by atoms with E-state index in [4.69, 9.17) is 10.5 Å². The second-order valence-electron chi connectivity index (χ2n) is 5.23. The number of ether oxygens (including phenoxy) is 1. The van der Waals surface area contributed by atoms with Crippen molar-refractivity contribution in [1.29, 1.82) is 0 Å². The smallest absolute Gasteiger partial charge is 0.338 e. The number of nitrogens with two attached hydrogens (primary N) is 1. The lowest BCUT2D eigenvalue weighted by Crippen LogP contribution is -2.23. The van der Waals surface area contributed by atoms with Gasteiger partial charge in [0.15, 0.2) is 0 Å². The maximum atomic E-state index is 12.2. The Morgan fingerprint density at radius 1 is 1.35 bits per heavy atom. The first-order valence-electron chi connectivity index (χ1n) is 6.77. The van der Waals surface area contributed by atoms with Gasteiger partial charge in [0.2, 0.25) is 5.91 Å². The molecule has 1 fully saturated rings. The maximum Gasteiger partial charge on any atom is 0.338 e. The highest BCUT2D eigenvalue weighted by Gasteiger charge is 2.28. The summed E-state index contributed by atoms with van der Waals surface area (Å²) in [4.78, 5) is 23.8. The summed E-state index contributed by atoms with van der Waals surface area (Å²) in [5, 5.41) is 2.89. The average molecular weight is 276 g/mol. The minimum Gasteiger partial charge on any atom is -0.465 e. The zero-order valence-electron chi connectivity index (χ0n) is 11.8. The van der Waals surface area contributed by atoms with E-state index in [1.807, 2.05) is 0 Å². The number of carbonyl (C=O) groups excluding carboxylic acids is 2. The minimum atomic E-state index is -0.401. The van der Waals surface area contributed by atoms with Crippen molar-refractivity contribution in [3.05, 3.63) is 29.3 Å². The number of carbonyl (C=O) groups is 2. The Bertz CT molecular complexity index is 528. The molecule has 0 radical (unpaired) electrons. The van der Waals surface area contributed by atoms with Gasteiger partial charge in [-0.3, -0.25) is 4.79 Å². The summed E-state index contributed by atoms with van der Waals surface area (Å²) in [5.41, 5.74) is 7.66. The van der Waals surface area contributed by atoms with E-state index in [2.05, 4.69) is 5.32 Å². The second kappa shape index (κ2) is 6.05. The first kappa shape index (κ1) is 14.5. The number of anilines is 1. The first-order chi connectivity index (χ1) is 9.52. The highest BCUT2D eigenvalue weighted by molar-refractivity contribution is 5.97. The molecule has 0 heterocycles. The molecule has 2 unspecified atom stereocenters. The fraction of sp³-hybridized carbons (Fsp3) is 0.467. The molecule has 20 heavy (non-hydrogen) atoms. The Morgan fingerprint density at radius 3 is 2.70 bits per heavy atom. The average Bonchev–Trinajstić information content (AvgIpc) is 2.87. The van der Waals surface area contributed by atoms with Crippen molar-refractivity contribution in [2.24, 2.45) is 11.7 Å². The van der Waals surface area contributed by atoms with Crippen molar-refractivity contribution in [2.45, 2.75) is 32.2 Å². The van der Waals surface area contributed by atoms with E-state index in [9.17, 15) is 9.59 Å². The molecule has 1 saturated carbocycles. The van der Waals surface area contributed by atoms with Crippen LogP contribution in [0.1, 0.15) is 35.2 Å². The van der Waals surface area contributed by atoms with Crippen LogP contribution in [0, 0.1) is 12.8 Å². The molecule has 0 spiro atoms. The lowest BCUT2D eigenvalue weighted by atomic mass is 10.0. The number of esters is 1. The molecule has 1 aliphatic rings. The fourth-order valence-corrected chi connectivity index (χ4v) is 2.59. The van der Waals surface area contributed by atoms with Crippen molar-refractivity contribution in [2.75, 3.05) is 12.4 Å². The highest BCUT2D eigenvalue weighted by Crippen LogP contribution is 2.27. The highest BCUT2D eigenvalue weighted by atomic mass is 16.5. The van der Waals surface area contributed by atoms with Gasteiger partial charge in [-0.25, -0.2) is 4.79 Å². The third-order valence-electron chi connectivity index (χ3n) is 3.84. The van der Waals surface area contributed by atoms with Gasteiger partial charge in [-0.15, -0.1) is 0 Å². The van der Waals surface area contributed by atoms with Crippen LogP contribution in [0.25, 0.3) is 0 Å². The topological polar surface area (TPSA) is 81.4 Å². The Kier molecular flexibility index (Phi) is 4.39. The number of amides is 1. The molecule has 0 aromatic heterocycles. The summed E-state index contributed by atoms with van der Waals surface area (Å²) < 4.78 is 4.72. The molecule has 0 saturated heterocycles. The van der Waals surface area contributed by atoms with E-state index in [-0.39, 0.29) is 17.9 Å². The van der Waals surface area contributed by atoms with Crippen molar-refractivity contribution < 1.29 is 14.3 Å². The maximum absolute atomic E-state index is 12.2. The predicted molar refractivity (Wildman–Crippen MR) is 76.5 cm³/mol. The number of hydrogen-bond donors (Lipinski definition) is 2. The van der Waals surface area contributed by atoms with Crippen molar-refractivity contribution in [3.63, 3.8) is 0 Å². The van der Waals surface area contributed by atoms with E-state index < -0.39 is 5.97 Å². The Morgan fingerprint density at radius 2 is 2.10 bits per heavy atom. The third kappa shape index (κ3) is 2.99. The number of hydrogen-bond acceptors (Lipinski definition) is 4. The van der Waals surface area contributed by atoms with Crippen molar-refractivity contribution in [3.8, 4) is 0 Å². The predicted octanol–water partition coefficient (Wildman–Crippen LogP) is 1.85. The summed E-state index contributed by atoms with van der Waals surface area (Å²) in [6, 6.07) is 5.32. The molecule has 0 aliphatic heterocycles. The van der Waals surface area contributed by atoms with Gasteiger partial charge in [-0.2, -0.15) is 0 Å². The molecule has 1 amide bonds. The lowest BCUT2D eigenvalue weighted by molar-refractivity contribution is -0.119. The van der Waals surface area contributed by atoms with Crippen LogP contribution in [0.3, 0.4) is 0 Å². The monoisotopic (exact) mass is 276 g/mol. The van der Waals surface area contributed by atoms with Crippen LogP contribution in [0.4, 0.5) is 5.69 Å². The van der Waals surface area contributed by atoms with Gasteiger partial charge < -0.3 is 15.8 Å². The van der Waals surface area contributed by atoms with Gasteiger partial charge in [0.1, 0.15) is 0 Å². The number of benzene rings is 1. The second-order valence-corrected chi connectivity index (χ2v) is 5.23. The number of nitrogens with one attached hydrogen (secondary N) is 1. The van der Waals surface area contributed by atoms with Gasteiger partial charge in [-0.05, 0) is 43.9 Å². The van der Waals surface area contributed by atoms with Gasteiger partial charge >= 0.3 is 5.97 Å². The largest absolute Gasteiger partial charge is 0.465 e. The summed E-state index contributed by atoms with van der Waals surface area (Å²) in [5.74, 6) is -0.462. The SMILES string of the molecule is COC(=O)c1cccc(NC(=O)C2CCC(N)C2)c1C. The van der Waals surface area contributed by atoms with Crippen LogP contribution in [0.15, 0.2) is 18.2 Å². The van der Waals surface area contributed by atoms with E-state index in [0.29, 0.717) is 11.3 Å². The fourth-order valence-electron chi connectivity index (χ4n) is 2.59. The standard InChI is InChI=1S/C15H20N2O3/c1-9-12(15(19)20-2)4-3-5-13(9)17-14(18)10-6-7-11(16)8-10/h3-5,10-11H,6-8,16H2,1-2H3,(H,17,18). The summed E-state index contributed by atoms with van der Waals surface area (Å²) in [6.45, 7) is 1.79. The van der Waals surface area contributed by atoms with Gasteiger partial charge in [0.05, 0.1) is 12.7 Å². The molecular weight excluding hydrogens is 256 g/mol. The zero-order valence-corrected chi connectivity index (χ0v) is 11.8. The lowest BCUT2D eigenvalue weighted by Gasteiger charge is -2.14. The number of methoxy groups -OCH3 is 1. The van der Waals surface area contributed by atoms with Crippen LogP contribution >= 0.6 is 0 Å². The van der Waals surface area contributed by atoms with Crippen LogP contribution in [0.2, 0.25) is 0 Å². The number of rotatable bonds is 3. The molecule has 1 aliphatic carbocycles. The van der Waals surface area contributed by atoms with E-state index >= 15 is 0 Å². The van der Waals surface area contributed by atoms with Crippen LogP contribution in [-0.4, -0.2) is 25.0 Å². The van der Waals surface area contributed by atoms with Crippen LogP contribution in [0.5, 0.6) is 0 Å². The van der Waals surface area contributed by atoms with Crippen molar-refractivity contribution in [1.82, 2.24) is 0 Å². The first-order valence-corrected chi connectivity index (χ1v) is 6.77. The molecular formula is C15H20N2O3. The van der Waals surface area contributed by atoms with Crippen molar-refractivity contribution >= 4 is 17.6 Å². The van der Waals surface area contributed by atoms with E-state index in [0.717, 1.165) is 24.8 Å². The molecule has 3 N–H and O–H groups in total. The summed E-state index contributed by atoms with van der Waals surface area (Å²) in [6.07, 6.45) is 2.43. The Hall–Kier alpha value is -1.88. The summed E-state index contributed by atoms with van der Waals surface area (Å²) >= 11 is 0. The molecule has 2 rings (SSSR count). The van der Waals surface area contributed by atoms with Crippen LogP contribution < -0.4 is 11.1 Å². The molecule has 1 aromatic carbocycles. The Balaban J connectivity index is 2.13. The molecule has 0 bridgehead atoms. The molecule has 5 heteroatoms.